The molecule has 0 radical (unpaired) electrons. The number of ether oxygens (including phenoxy) is 2. The van der Waals surface area contributed by atoms with E-state index in [-0.39, 0.29) is 18.2 Å². The van der Waals surface area contributed by atoms with Crippen molar-refractivity contribution in [3.63, 3.8) is 0 Å². The Bertz CT molecular complexity index is 217. The van der Waals surface area contributed by atoms with Crippen molar-refractivity contribution >= 4 is 0 Å². The summed E-state index contributed by atoms with van der Waals surface area (Å²) in [6.45, 7) is 2.37. The number of nitrogens with one attached hydrogen (secondary N) is 1. The molecule has 1 saturated heterocycles. The maximum absolute atomic E-state index is 8.83. The van der Waals surface area contributed by atoms with Crippen molar-refractivity contribution in [1.29, 1.82) is 5.26 Å². The van der Waals surface area contributed by atoms with Crippen LogP contribution in [0.25, 0.3) is 0 Å². The van der Waals surface area contributed by atoms with Crippen molar-refractivity contribution in [3.8, 4) is 6.07 Å². The fourth-order valence-electron chi connectivity index (χ4n) is 1.88. The molecule has 1 fully saturated rings. The van der Waals surface area contributed by atoms with E-state index in [9.17, 15) is 0 Å². The third-order valence-electron chi connectivity index (χ3n) is 2.84. The van der Waals surface area contributed by atoms with Gasteiger partial charge in [-0.05, 0) is 7.05 Å². The molecule has 15 heavy (non-hydrogen) atoms. The van der Waals surface area contributed by atoms with E-state index in [0.29, 0.717) is 6.54 Å². The van der Waals surface area contributed by atoms with E-state index in [1.165, 1.54) is 0 Å². The van der Waals surface area contributed by atoms with E-state index in [2.05, 4.69) is 16.3 Å². The molecule has 0 aromatic rings. The maximum atomic E-state index is 8.83. The van der Waals surface area contributed by atoms with Crippen LogP contribution in [0.15, 0.2) is 0 Å². The molecule has 0 saturated carbocycles. The van der Waals surface area contributed by atoms with Crippen molar-refractivity contribution in [2.75, 3.05) is 40.9 Å². The van der Waals surface area contributed by atoms with Crippen LogP contribution >= 0.6 is 0 Å². The summed E-state index contributed by atoms with van der Waals surface area (Å²) < 4.78 is 10.6. The molecule has 1 N–H and O–H groups in total. The van der Waals surface area contributed by atoms with Crippen LogP contribution < -0.4 is 5.32 Å². The first-order chi connectivity index (χ1) is 7.24. The first kappa shape index (κ1) is 12.4. The van der Waals surface area contributed by atoms with Crippen LogP contribution in [0.5, 0.6) is 0 Å². The van der Waals surface area contributed by atoms with Crippen LogP contribution in [0, 0.1) is 11.3 Å². The second kappa shape index (κ2) is 6.03. The van der Waals surface area contributed by atoms with Crippen molar-refractivity contribution in [1.82, 2.24) is 10.2 Å². The summed E-state index contributed by atoms with van der Waals surface area (Å²) in [6, 6.07) is 2.08. The first-order valence-corrected chi connectivity index (χ1v) is 5.10. The fourth-order valence-corrected chi connectivity index (χ4v) is 1.88. The predicted molar refractivity (Wildman–Crippen MR) is 56.5 cm³/mol. The average Bonchev–Trinajstić information content (AvgIpc) is 2.68. The number of rotatable bonds is 5. The smallest absolute Gasteiger partial charge is 0.108 e. The van der Waals surface area contributed by atoms with Gasteiger partial charge in [0.1, 0.15) is 6.04 Å². The Morgan fingerprint density at radius 1 is 1.40 bits per heavy atom. The molecule has 1 heterocycles. The lowest BCUT2D eigenvalue weighted by Gasteiger charge is -2.17. The Kier molecular flexibility index (Phi) is 4.99. The summed E-state index contributed by atoms with van der Waals surface area (Å²) in [7, 11) is 5.19. The second-order valence-electron chi connectivity index (χ2n) is 3.74. The van der Waals surface area contributed by atoms with Gasteiger partial charge in [-0.15, -0.1) is 0 Å². The monoisotopic (exact) mass is 213 g/mol. The minimum absolute atomic E-state index is 0.117. The SMILES string of the molecule is CNC(C#N)CN1CC(OC)C(OC)C1. The first-order valence-electron chi connectivity index (χ1n) is 5.10. The van der Waals surface area contributed by atoms with E-state index < -0.39 is 0 Å². The molecule has 0 amide bonds. The quantitative estimate of drug-likeness (QED) is 0.663. The number of hydrogen-bond acceptors (Lipinski definition) is 5. The molecular weight excluding hydrogens is 194 g/mol. The molecule has 0 spiro atoms. The molecule has 3 atom stereocenters. The zero-order valence-electron chi connectivity index (χ0n) is 9.56. The van der Waals surface area contributed by atoms with Gasteiger partial charge in [0.15, 0.2) is 0 Å². The normalized spacial score (nSPS) is 28.9. The molecule has 0 bridgehead atoms. The van der Waals surface area contributed by atoms with Crippen molar-refractivity contribution in [2.45, 2.75) is 18.2 Å². The summed E-state index contributed by atoms with van der Waals surface area (Å²) in [5, 5.41) is 11.8. The lowest BCUT2D eigenvalue weighted by molar-refractivity contribution is -0.00461. The lowest BCUT2D eigenvalue weighted by Crippen LogP contribution is -2.38. The molecule has 0 aromatic heterocycles. The molecule has 1 aliphatic heterocycles. The molecule has 0 aromatic carbocycles. The van der Waals surface area contributed by atoms with E-state index in [0.717, 1.165) is 13.1 Å². The van der Waals surface area contributed by atoms with Crippen LogP contribution in [0.4, 0.5) is 0 Å². The number of likely N-dealkylation sites (N-methyl/N-ethyl adjacent to an activating group) is 1. The average molecular weight is 213 g/mol. The molecule has 3 unspecified atom stereocenters. The summed E-state index contributed by atoms with van der Waals surface area (Å²) in [5.74, 6) is 0. The Labute approximate surface area is 90.9 Å². The highest BCUT2D eigenvalue weighted by molar-refractivity contribution is 4.95. The lowest BCUT2D eigenvalue weighted by atomic mass is 10.3. The number of nitriles is 1. The fraction of sp³-hybridized carbons (Fsp3) is 0.900. The highest BCUT2D eigenvalue weighted by atomic mass is 16.5. The van der Waals surface area contributed by atoms with Crippen LogP contribution in [0.1, 0.15) is 0 Å². The molecule has 5 heteroatoms. The summed E-state index contributed by atoms with van der Waals surface area (Å²) in [4.78, 5) is 2.19. The van der Waals surface area contributed by atoms with Gasteiger partial charge >= 0.3 is 0 Å². The number of likely N-dealkylation sites (tertiary alicyclic amines) is 1. The minimum atomic E-state index is -0.127. The van der Waals surface area contributed by atoms with Gasteiger partial charge in [0, 0.05) is 33.9 Å². The largest absolute Gasteiger partial charge is 0.377 e. The third kappa shape index (κ3) is 3.14. The van der Waals surface area contributed by atoms with Gasteiger partial charge in [-0.25, -0.2) is 0 Å². The maximum Gasteiger partial charge on any atom is 0.108 e. The Morgan fingerprint density at radius 2 is 1.93 bits per heavy atom. The van der Waals surface area contributed by atoms with E-state index in [4.69, 9.17) is 14.7 Å². The van der Waals surface area contributed by atoms with Gasteiger partial charge in [-0.2, -0.15) is 5.26 Å². The molecule has 5 nitrogen and oxygen atoms in total. The van der Waals surface area contributed by atoms with Gasteiger partial charge < -0.3 is 14.8 Å². The van der Waals surface area contributed by atoms with E-state index in [1.54, 1.807) is 21.3 Å². The zero-order valence-corrected chi connectivity index (χ0v) is 9.56. The van der Waals surface area contributed by atoms with Gasteiger partial charge in [0.25, 0.3) is 0 Å². The molecule has 1 rings (SSSR count). The summed E-state index contributed by atoms with van der Waals surface area (Å²) in [6.07, 6.45) is 0.234. The minimum Gasteiger partial charge on any atom is -0.377 e. The van der Waals surface area contributed by atoms with Crippen molar-refractivity contribution < 1.29 is 9.47 Å². The third-order valence-corrected chi connectivity index (χ3v) is 2.84. The van der Waals surface area contributed by atoms with Gasteiger partial charge in [0.2, 0.25) is 0 Å². The Hall–Kier alpha value is -0.670. The van der Waals surface area contributed by atoms with Gasteiger partial charge in [-0.1, -0.05) is 0 Å². The van der Waals surface area contributed by atoms with Crippen molar-refractivity contribution in [3.05, 3.63) is 0 Å². The van der Waals surface area contributed by atoms with Crippen molar-refractivity contribution in [2.24, 2.45) is 0 Å². The van der Waals surface area contributed by atoms with Crippen LogP contribution in [-0.2, 0) is 9.47 Å². The Morgan fingerprint density at radius 3 is 2.27 bits per heavy atom. The second-order valence-corrected chi connectivity index (χ2v) is 3.74. The highest BCUT2D eigenvalue weighted by Gasteiger charge is 2.33. The summed E-state index contributed by atoms with van der Waals surface area (Å²) in [5.41, 5.74) is 0. The topological polar surface area (TPSA) is 57.5 Å². The van der Waals surface area contributed by atoms with Gasteiger partial charge in [0.05, 0.1) is 18.3 Å². The summed E-state index contributed by atoms with van der Waals surface area (Å²) >= 11 is 0. The number of methoxy groups -OCH3 is 2. The molecular formula is C10H19N3O2. The van der Waals surface area contributed by atoms with E-state index in [1.807, 2.05) is 0 Å². The number of nitrogens with zero attached hydrogens (tertiary/aromatic N) is 2. The standard InChI is InChI=1S/C10H19N3O2/c1-12-8(4-11)5-13-6-9(14-2)10(7-13)15-3/h8-10,12H,5-7H2,1-3H3. The molecule has 0 aliphatic carbocycles. The molecule has 1 aliphatic rings. The number of hydrogen-bond donors (Lipinski definition) is 1. The Balaban J connectivity index is 2.43. The van der Waals surface area contributed by atoms with Gasteiger partial charge in [-0.3, -0.25) is 4.90 Å². The van der Waals surface area contributed by atoms with Crippen LogP contribution in [0.3, 0.4) is 0 Å². The van der Waals surface area contributed by atoms with E-state index >= 15 is 0 Å². The predicted octanol–water partition coefficient (Wildman–Crippen LogP) is -0.556. The molecule has 86 valence electrons. The highest BCUT2D eigenvalue weighted by Crippen LogP contribution is 2.15. The van der Waals surface area contributed by atoms with Crippen LogP contribution in [0.2, 0.25) is 0 Å². The van der Waals surface area contributed by atoms with Crippen LogP contribution in [-0.4, -0.2) is 64.1 Å². The zero-order chi connectivity index (χ0) is 11.3.